The first-order valence-corrected chi connectivity index (χ1v) is 31.1. The summed E-state index contributed by atoms with van der Waals surface area (Å²) in [4.78, 5) is 24.6. The van der Waals surface area contributed by atoms with Crippen LogP contribution in [0.1, 0.15) is 341 Å². The first-order valence-electron chi connectivity index (χ1n) is 31.1. The molecule has 0 fully saturated rings. The van der Waals surface area contributed by atoms with E-state index in [1.165, 1.54) is 257 Å². The second-order valence-electron chi connectivity index (χ2n) is 21.4. The summed E-state index contributed by atoms with van der Waals surface area (Å²) in [5.74, 6) is -0.0371. The fourth-order valence-corrected chi connectivity index (χ4v) is 9.73. The van der Waals surface area contributed by atoms with Crippen LogP contribution in [0.25, 0.3) is 0 Å². The SMILES string of the molecule is CCCCCC/C=C\C/C=C\CCCCCCCC(=O)OCCCCCCCCCCCCCCCCCCCCCCC(=O)NC(CO)C(O)CCCCCCCCCCCCCCCCCC. The Hall–Kier alpha value is -1.66. The lowest BCUT2D eigenvalue weighted by atomic mass is 10.0. The molecule has 0 aliphatic heterocycles. The van der Waals surface area contributed by atoms with E-state index >= 15 is 0 Å². The molecule has 0 aliphatic rings. The Morgan fingerprint density at radius 1 is 0.406 bits per heavy atom. The molecule has 0 saturated carbocycles. The number of amides is 1. The van der Waals surface area contributed by atoms with Gasteiger partial charge in [-0.3, -0.25) is 9.59 Å². The second-order valence-corrected chi connectivity index (χ2v) is 21.4. The van der Waals surface area contributed by atoms with Crippen LogP contribution in [0.4, 0.5) is 0 Å². The lowest BCUT2D eigenvalue weighted by Gasteiger charge is -2.22. The van der Waals surface area contributed by atoms with Crippen LogP contribution >= 0.6 is 0 Å². The summed E-state index contributed by atoms with van der Waals surface area (Å²) in [6, 6.07) is -0.543. The monoisotopic (exact) mass is 972 g/mol. The van der Waals surface area contributed by atoms with Gasteiger partial charge in [-0.05, 0) is 57.8 Å². The molecule has 3 N–H and O–H groups in total. The third-order valence-electron chi connectivity index (χ3n) is 14.5. The highest BCUT2D eigenvalue weighted by atomic mass is 16.5. The van der Waals surface area contributed by atoms with E-state index in [0.29, 0.717) is 25.9 Å². The molecule has 0 rings (SSSR count). The van der Waals surface area contributed by atoms with Gasteiger partial charge >= 0.3 is 5.97 Å². The third-order valence-corrected chi connectivity index (χ3v) is 14.5. The van der Waals surface area contributed by atoms with E-state index in [2.05, 4.69) is 43.5 Å². The average Bonchev–Trinajstić information content (AvgIpc) is 3.35. The number of unbranched alkanes of at least 4 members (excludes halogenated alkanes) is 43. The third kappa shape index (κ3) is 55.5. The summed E-state index contributed by atoms with van der Waals surface area (Å²) >= 11 is 0. The number of hydrogen-bond donors (Lipinski definition) is 3. The van der Waals surface area contributed by atoms with E-state index in [4.69, 9.17) is 4.74 Å². The molecule has 0 aromatic rings. The molecule has 2 unspecified atom stereocenters. The van der Waals surface area contributed by atoms with Crippen molar-refractivity contribution in [2.45, 2.75) is 353 Å². The largest absolute Gasteiger partial charge is 0.466 e. The fraction of sp³-hybridized carbons (Fsp3) is 0.905. The van der Waals surface area contributed by atoms with Crippen molar-refractivity contribution in [3.05, 3.63) is 24.3 Å². The summed E-state index contributed by atoms with van der Waals surface area (Å²) in [5, 5.41) is 23.3. The number of hydrogen-bond acceptors (Lipinski definition) is 5. The molecule has 408 valence electrons. The smallest absolute Gasteiger partial charge is 0.305 e. The van der Waals surface area contributed by atoms with Gasteiger partial charge in [-0.1, -0.05) is 295 Å². The lowest BCUT2D eigenvalue weighted by molar-refractivity contribution is -0.143. The van der Waals surface area contributed by atoms with Gasteiger partial charge in [-0.2, -0.15) is 0 Å². The maximum absolute atomic E-state index is 12.5. The van der Waals surface area contributed by atoms with E-state index in [-0.39, 0.29) is 18.5 Å². The maximum atomic E-state index is 12.5. The highest BCUT2D eigenvalue weighted by Gasteiger charge is 2.20. The zero-order chi connectivity index (χ0) is 50.0. The van der Waals surface area contributed by atoms with Crippen LogP contribution in [0.3, 0.4) is 0 Å². The van der Waals surface area contributed by atoms with Crippen molar-refractivity contribution in [3.8, 4) is 0 Å². The van der Waals surface area contributed by atoms with Crippen molar-refractivity contribution in [1.82, 2.24) is 5.32 Å². The second kappa shape index (κ2) is 58.9. The van der Waals surface area contributed by atoms with Gasteiger partial charge in [0.2, 0.25) is 5.91 Å². The first kappa shape index (κ1) is 67.3. The van der Waals surface area contributed by atoms with Crippen molar-refractivity contribution in [1.29, 1.82) is 0 Å². The number of rotatable bonds is 58. The highest BCUT2D eigenvalue weighted by molar-refractivity contribution is 5.76. The van der Waals surface area contributed by atoms with E-state index in [9.17, 15) is 19.8 Å². The number of allylic oxidation sites excluding steroid dienone is 4. The van der Waals surface area contributed by atoms with Crippen molar-refractivity contribution in [2.75, 3.05) is 13.2 Å². The van der Waals surface area contributed by atoms with Gasteiger partial charge in [0.05, 0.1) is 25.4 Å². The molecule has 6 heteroatoms. The highest BCUT2D eigenvalue weighted by Crippen LogP contribution is 2.18. The van der Waals surface area contributed by atoms with Crippen molar-refractivity contribution in [2.24, 2.45) is 0 Å². The fourth-order valence-electron chi connectivity index (χ4n) is 9.73. The van der Waals surface area contributed by atoms with E-state index in [0.717, 1.165) is 51.4 Å². The molecule has 0 radical (unpaired) electrons. The molecule has 0 saturated heterocycles. The van der Waals surface area contributed by atoms with Gasteiger partial charge in [-0.25, -0.2) is 0 Å². The minimum Gasteiger partial charge on any atom is -0.466 e. The summed E-state index contributed by atoms with van der Waals surface area (Å²) < 4.78 is 5.48. The minimum atomic E-state index is -0.666. The molecule has 0 heterocycles. The predicted molar refractivity (Wildman–Crippen MR) is 301 cm³/mol. The van der Waals surface area contributed by atoms with Crippen molar-refractivity contribution in [3.63, 3.8) is 0 Å². The maximum Gasteiger partial charge on any atom is 0.305 e. The molecule has 0 aromatic carbocycles. The quantitative estimate of drug-likeness (QED) is 0.0321. The van der Waals surface area contributed by atoms with Gasteiger partial charge in [0.25, 0.3) is 0 Å². The Kier molecular flexibility index (Phi) is 57.5. The standard InChI is InChI=1S/C63H121NO5/c1-3-5-7-9-11-13-15-17-19-27-31-35-39-43-47-51-55-61(66)60(59-65)64-62(67)56-52-48-44-40-36-32-28-25-23-21-22-24-26-30-34-38-42-46-50-54-58-69-63(68)57-53-49-45-41-37-33-29-20-18-16-14-12-10-8-6-4-2/h14,16,20,29,60-61,65-66H,3-13,15,17-19,21-28,30-59H2,1-2H3,(H,64,67)/b16-14-,29-20-. The van der Waals surface area contributed by atoms with E-state index < -0.39 is 12.1 Å². The Morgan fingerprint density at radius 3 is 1.12 bits per heavy atom. The predicted octanol–water partition coefficient (Wildman–Crippen LogP) is 19.4. The number of carbonyl (C=O) groups excluding carboxylic acids is 2. The molecule has 0 spiro atoms. The number of aliphatic hydroxyl groups is 2. The molecule has 1 amide bonds. The van der Waals surface area contributed by atoms with Gasteiger partial charge in [0.15, 0.2) is 0 Å². The topological polar surface area (TPSA) is 95.9 Å². The molecule has 6 nitrogen and oxygen atoms in total. The van der Waals surface area contributed by atoms with Crippen LogP contribution in [-0.4, -0.2) is 47.4 Å². The number of ether oxygens (including phenoxy) is 1. The molecular formula is C63H121NO5. The normalized spacial score (nSPS) is 12.7. The lowest BCUT2D eigenvalue weighted by Crippen LogP contribution is -2.45. The van der Waals surface area contributed by atoms with Gasteiger partial charge in [0.1, 0.15) is 0 Å². The Morgan fingerprint density at radius 2 is 0.725 bits per heavy atom. The van der Waals surface area contributed by atoms with Gasteiger partial charge in [-0.15, -0.1) is 0 Å². The van der Waals surface area contributed by atoms with Crippen LogP contribution in [0, 0.1) is 0 Å². The van der Waals surface area contributed by atoms with Crippen LogP contribution in [-0.2, 0) is 14.3 Å². The van der Waals surface area contributed by atoms with E-state index in [1.54, 1.807) is 0 Å². The molecule has 0 aromatic heterocycles. The zero-order valence-corrected chi connectivity index (χ0v) is 46.6. The molecule has 0 aliphatic carbocycles. The molecule has 2 atom stereocenters. The number of esters is 1. The van der Waals surface area contributed by atoms with Crippen molar-refractivity contribution >= 4 is 11.9 Å². The summed E-state index contributed by atoms with van der Waals surface area (Å²) in [6.45, 7) is 4.95. The number of carbonyl (C=O) groups is 2. The van der Waals surface area contributed by atoms with Gasteiger partial charge < -0.3 is 20.3 Å². The minimum absolute atomic E-state index is 0.00233. The average molecular weight is 973 g/mol. The van der Waals surface area contributed by atoms with Crippen LogP contribution in [0.2, 0.25) is 0 Å². The Bertz CT molecular complexity index is 1080. The van der Waals surface area contributed by atoms with Gasteiger partial charge in [0, 0.05) is 12.8 Å². The molecule has 0 bridgehead atoms. The van der Waals surface area contributed by atoms with Crippen LogP contribution in [0.15, 0.2) is 24.3 Å². The number of nitrogens with one attached hydrogen (secondary N) is 1. The summed E-state index contributed by atoms with van der Waals surface area (Å²) in [6.07, 6.45) is 71.8. The van der Waals surface area contributed by atoms with E-state index in [1.807, 2.05) is 0 Å². The molecular weight excluding hydrogens is 851 g/mol. The Balaban J connectivity index is 3.39. The molecule has 69 heavy (non-hydrogen) atoms. The van der Waals surface area contributed by atoms with Crippen LogP contribution in [0.5, 0.6) is 0 Å². The first-order chi connectivity index (χ1) is 34.0. The summed E-state index contributed by atoms with van der Waals surface area (Å²) in [7, 11) is 0. The zero-order valence-electron chi connectivity index (χ0n) is 46.6. The van der Waals surface area contributed by atoms with Crippen LogP contribution < -0.4 is 5.32 Å². The summed E-state index contributed by atoms with van der Waals surface area (Å²) in [5.41, 5.74) is 0. The van der Waals surface area contributed by atoms with Crippen molar-refractivity contribution < 1.29 is 24.5 Å². The Labute approximate surface area is 431 Å². The number of aliphatic hydroxyl groups excluding tert-OH is 2.